The molecule has 0 aromatic carbocycles. The van der Waals surface area contributed by atoms with E-state index >= 15 is 0 Å². The highest BCUT2D eigenvalue weighted by Gasteiger charge is 2.35. The lowest BCUT2D eigenvalue weighted by atomic mass is 9.86. The molecule has 0 heterocycles. The van der Waals surface area contributed by atoms with Crippen LogP contribution >= 0.6 is 0 Å². The van der Waals surface area contributed by atoms with Gasteiger partial charge in [-0.25, -0.2) is 13.2 Å². The van der Waals surface area contributed by atoms with Gasteiger partial charge < -0.3 is 10.2 Å². The average Bonchev–Trinajstić information content (AvgIpc) is 3.14. The molecule has 2 amide bonds. The zero-order chi connectivity index (χ0) is 17.0. The molecule has 0 saturated heterocycles. The second kappa shape index (κ2) is 7.86. The summed E-state index contributed by atoms with van der Waals surface area (Å²) in [7, 11) is -1.38. The summed E-state index contributed by atoms with van der Waals surface area (Å²) in [6, 6.07) is -0.164. The fraction of sp³-hybridized carbons (Fsp3) is 0.941. The van der Waals surface area contributed by atoms with E-state index in [1.165, 1.54) is 57.6 Å². The topological polar surface area (TPSA) is 66.5 Å². The largest absolute Gasteiger partial charge is 0.335 e. The number of nitrogens with zero attached hydrogens (tertiary/aromatic N) is 1. The van der Waals surface area contributed by atoms with E-state index in [1.54, 1.807) is 18.9 Å². The molecule has 0 bridgehead atoms. The van der Waals surface area contributed by atoms with Gasteiger partial charge in [-0.05, 0) is 44.4 Å². The molecule has 5 nitrogen and oxygen atoms in total. The third kappa shape index (κ3) is 5.37. The Balaban J connectivity index is 1.98. The van der Waals surface area contributed by atoms with Crippen molar-refractivity contribution in [2.24, 2.45) is 11.8 Å². The lowest BCUT2D eigenvalue weighted by Crippen LogP contribution is -2.52. The number of rotatable bonds is 6. The van der Waals surface area contributed by atoms with E-state index in [0.29, 0.717) is 11.8 Å². The van der Waals surface area contributed by atoms with E-state index in [4.69, 9.17) is 0 Å². The van der Waals surface area contributed by atoms with Crippen LogP contribution < -0.4 is 5.32 Å². The number of hydrogen-bond acceptors (Lipinski definition) is 3. The molecule has 2 aliphatic carbocycles. The van der Waals surface area contributed by atoms with Crippen LogP contribution in [0.15, 0.2) is 0 Å². The maximum Gasteiger partial charge on any atom is 0.317 e. The third-order valence-corrected chi connectivity index (χ3v) is 6.72. The van der Waals surface area contributed by atoms with Crippen LogP contribution in [0.3, 0.4) is 0 Å². The smallest absolute Gasteiger partial charge is 0.317 e. The second-order valence-electron chi connectivity index (χ2n) is 7.62. The summed E-state index contributed by atoms with van der Waals surface area (Å²) in [5.74, 6) is 1.20. The number of carbonyl (C=O) groups is 1. The van der Waals surface area contributed by atoms with Crippen LogP contribution in [-0.2, 0) is 9.84 Å². The second-order valence-corrected chi connectivity index (χ2v) is 9.80. The zero-order valence-corrected chi connectivity index (χ0v) is 15.6. The first kappa shape index (κ1) is 18.6. The van der Waals surface area contributed by atoms with E-state index in [1.807, 2.05) is 0 Å². The molecular weight excluding hydrogens is 312 g/mol. The highest BCUT2D eigenvalue weighted by molar-refractivity contribution is 7.90. The minimum absolute atomic E-state index is 0.00838. The summed E-state index contributed by atoms with van der Waals surface area (Å²) in [6.07, 6.45) is 11.1. The molecule has 134 valence electrons. The summed E-state index contributed by atoms with van der Waals surface area (Å²) < 4.78 is 22.9. The van der Waals surface area contributed by atoms with Crippen molar-refractivity contribution >= 4 is 15.9 Å². The Kier molecular flexibility index (Phi) is 6.34. The van der Waals surface area contributed by atoms with Crippen molar-refractivity contribution in [2.75, 3.05) is 19.1 Å². The maximum absolute atomic E-state index is 12.6. The summed E-state index contributed by atoms with van der Waals surface area (Å²) in [5.41, 5.74) is 0. The molecular formula is C17H32N2O3S. The summed E-state index contributed by atoms with van der Waals surface area (Å²) in [5, 5.41) is 3.26. The van der Waals surface area contributed by atoms with Gasteiger partial charge in [0.05, 0.1) is 5.75 Å². The number of sulfone groups is 1. The van der Waals surface area contributed by atoms with E-state index in [0.717, 1.165) is 0 Å². The number of nitrogens with one attached hydrogen (secondary N) is 1. The van der Waals surface area contributed by atoms with E-state index < -0.39 is 9.84 Å². The van der Waals surface area contributed by atoms with Crippen LogP contribution in [0.4, 0.5) is 4.79 Å². The van der Waals surface area contributed by atoms with Gasteiger partial charge in [0.25, 0.3) is 0 Å². The van der Waals surface area contributed by atoms with Crippen LogP contribution in [0.25, 0.3) is 0 Å². The first-order chi connectivity index (χ1) is 10.8. The zero-order valence-electron chi connectivity index (χ0n) is 14.8. The molecule has 0 radical (unpaired) electrons. The van der Waals surface area contributed by atoms with E-state index in [9.17, 15) is 13.2 Å². The third-order valence-electron chi connectivity index (χ3n) is 5.63. The molecule has 1 atom stereocenters. The van der Waals surface area contributed by atoms with Crippen LogP contribution in [0.1, 0.15) is 58.3 Å². The average molecular weight is 345 g/mol. The molecule has 23 heavy (non-hydrogen) atoms. The number of hydrogen-bond donors (Lipinski definition) is 1. The number of urea groups is 1. The molecule has 0 aliphatic heterocycles. The van der Waals surface area contributed by atoms with E-state index in [-0.39, 0.29) is 23.9 Å². The predicted octanol–water partition coefficient (Wildman–Crippen LogP) is 2.81. The minimum atomic E-state index is -3.08. The molecule has 2 aliphatic rings. The summed E-state index contributed by atoms with van der Waals surface area (Å²) in [4.78, 5) is 14.2. The van der Waals surface area contributed by atoms with Crippen molar-refractivity contribution < 1.29 is 13.2 Å². The van der Waals surface area contributed by atoms with Crippen molar-refractivity contribution in [1.29, 1.82) is 0 Å². The highest BCUT2D eigenvalue weighted by atomic mass is 32.2. The molecule has 0 spiro atoms. The van der Waals surface area contributed by atoms with Gasteiger partial charge >= 0.3 is 6.03 Å². The van der Waals surface area contributed by atoms with Gasteiger partial charge in [-0.3, -0.25) is 0 Å². The Morgan fingerprint density at radius 3 is 1.91 bits per heavy atom. The molecule has 0 aromatic heterocycles. The lowest BCUT2D eigenvalue weighted by molar-refractivity contribution is 0.177. The molecule has 1 N–H and O–H groups in total. The molecule has 6 heteroatoms. The summed E-state index contributed by atoms with van der Waals surface area (Å²) >= 11 is 0. The van der Waals surface area contributed by atoms with Crippen molar-refractivity contribution in [2.45, 2.75) is 70.4 Å². The number of carbonyl (C=O) groups excluding carboxylic acids is 1. The summed E-state index contributed by atoms with van der Waals surface area (Å²) in [6.45, 7) is 1.79. The van der Waals surface area contributed by atoms with Crippen LogP contribution in [-0.4, -0.2) is 50.5 Å². The van der Waals surface area contributed by atoms with Gasteiger partial charge in [-0.15, -0.1) is 0 Å². The van der Waals surface area contributed by atoms with Crippen molar-refractivity contribution in [3.8, 4) is 0 Å². The van der Waals surface area contributed by atoms with Gasteiger partial charge in [0.15, 0.2) is 0 Å². The molecule has 2 fully saturated rings. The Morgan fingerprint density at radius 1 is 1.09 bits per heavy atom. The van der Waals surface area contributed by atoms with Crippen molar-refractivity contribution in [3.63, 3.8) is 0 Å². The highest BCUT2D eigenvalue weighted by Crippen LogP contribution is 2.37. The van der Waals surface area contributed by atoms with Gasteiger partial charge in [-0.1, -0.05) is 25.7 Å². The maximum atomic E-state index is 12.6. The Labute approximate surface area is 141 Å². The van der Waals surface area contributed by atoms with Crippen molar-refractivity contribution in [1.82, 2.24) is 10.2 Å². The number of amides is 2. The standard InChI is InChI=1S/C17H32N2O3S/c1-13(12-23(3,21)22)19(2)17(20)18-16(14-8-4-5-9-14)15-10-6-7-11-15/h13-16H,4-12H2,1-3H3,(H,18,20)/t13-/m0/s1. The minimum Gasteiger partial charge on any atom is -0.335 e. The molecule has 0 unspecified atom stereocenters. The Hall–Kier alpha value is -0.780. The normalized spacial score (nSPS) is 21.7. The molecule has 0 aromatic rings. The quantitative estimate of drug-likeness (QED) is 0.806. The Bertz CT molecular complexity index is 478. The van der Waals surface area contributed by atoms with Crippen LogP contribution in [0.2, 0.25) is 0 Å². The molecule has 2 saturated carbocycles. The SMILES string of the molecule is C[C@@H](CS(C)(=O)=O)N(C)C(=O)NC(C1CCCC1)C1CCCC1. The van der Waals surface area contributed by atoms with E-state index in [2.05, 4.69) is 5.32 Å². The fourth-order valence-corrected chi connectivity index (χ4v) is 5.35. The fourth-order valence-electron chi connectivity index (χ4n) is 4.25. The van der Waals surface area contributed by atoms with Crippen LogP contribution in [0, 0.1) is 11.8 Å². The van der Waals surface area contributed by atoms with Gasteiger partial charge in [-0.2, -0.15) is 0 Å². The first-order valence-electron chi connectivity index (χ1n) is 8.99. The van der Waals surface area contributed by atoms with Gasteiger partial charge in [0.2, 0.25) is 0 Å². The molecule has 2 rings (SSSR count). The predicted molar refractivity (Wildman–Crippen MR) is 93.2 cm³/mol. The Morgan fingerprint density at radius 2 is 1.52 bits per heavy atom. The van der Waals surface area contributed by atoms with Gasteiger partial charge in [0.1, 0.15) is 9.84 Å². The van der Waals surface area contributed by atoms with Gasteiger partial charge in [0, 0.05) is 25.4 Å². The lowest BCUT2D eigenvalue weighted by Gasteiger charge is -2.33. The first-order valence-corrected chi connectivity index (χ1v) is 11.0. The monoisotopic (exact) mass is 344 g/mol. The van der Waals surface area contributed by atoms with Crippen LogP contribution in [0.5, 0.6) is 0 Å². The van der Waals surface area contributed by atoms with Crippen molar-refractivity contribution in [3.05, 3.63) is 0 Å².